The third-order valence-electron chi connectivity index (χ3n) is 8.30. The van der Waals surface area contributed by atoms with E-state index in [0.717, 1.165) is 38.5 Å². The number of hydrogen-bond acceptors (Lipinski definition) is 2. The lowest BCUT2D eigenvalue weighted by molar-refractivity contribution is 1.18. The van der Waals surface area contributed by atoms with Crippen LogP contribution in [0.25, 0.3) is 71.2 Å². The van der Waals surface area contributed by atoms with Crippen molar-refractivity contribution < 1.29 is 0 Å². The van der Waals surface area contributed by atoms with Gasteiger partial charge in [0.25, 0.3) is 0 Å². The number of rotatable bonds is 3. The van der Waals surface area contributed by atoms with Gasteiger partial charge >= 0.3 is 0 Å². The molecule has 0 saturated carbocycles. The first-order valence-electron chi connectivity index (χ1n) is 14.2. The Labute approximate surface area is 243 Å². The fourth-order valence-electron chi connectivity index (χ4n) is 6.52. The highest BCUT2D eigenvalue weighted by atomic mass is 15.0. The van der Waals surface area contributed by atoms with E-state index in [1.54, 1.807) is 6.08 Å². The average molecular weight is 541 g/mol. The molecule has 0 spiro atoms. The SMILES string of the molecule is C/C(N)=C/C(=N)n1c2ccccc2c2cc3c4ccccc4n(-c4ccc(-c5cccc6ccccc56)cc4)c3cc21. The van der Waals surface area contributed by atoms with Gasteiger partial charge in [0.1, 0.15) is 5.84 Å². The second-order valence-corrected chi connectivity index (χ2v) is 10.9. The molecule has 0 radical (unpaired) electrons. The summed E-state index contributed by atoms with van der Waals surface area (Å²) in [5.74, 6) is 0.350. The van der Waals surface area contributed by atoms with Crippen molar-refractivity contribution in [1.82, 2.24) is 9.13 Å². The summed E-state index contributed by atoms with van der Waals surface area (Å²) < 4.78 is 4.35. The van der Waals surface area contributed by atoms with E-state index in [0.29, 0.717) is 11.5 Å². The Balaban J connectivity index is 1.39. The fraction of sp³-hybridized carbons (Fsp3) is 0.0263. The Morgan fingerprint density at radius 1 is 0.595 bits per heavy atom. The number of hydrogen-bond donors (Lipinski definition) is 2. The van der Waals surface area contributed by atoms with Crippen molar-refractivity contribution in [2.75, 3.05) is 0 Å². The first kappa shape index (κ1) is 24.2. The topological polar surface area (TPSA) is 59.7 Å². The fourth-order valence-corrected chi connectivity index (χ4v) is 6.52. The zero-order valence-corrected chi connectivity index (χ0v) is 23.2. The van der Waals surface area contributed by atoms with Crippen LogP contribution in [0.4, 0.5) is 0 Å². The molecule has 0 saturated heterocycles. The summed E-state index contributed by atoms with van der Waals surface area (Å²) in [6.45, 7) is 1.82. The largest absolute Gasteiger partial charge is 0.402 e. The molecule has 0 fully saturated rings. The van der Waals surface area contributed by atoms with E-state index >= 15 is 0 Å². The highest BCUT2D eigenvalue weighted by molar-refractivity contribution is 6.21. The maximum atomic E-state index is 8.94. The first-order valence-corrected chi connectivity index (χ1v) is 14.2. The molecule has 0 aliphatic heterocycles. The highest BCUT2D eigenvalue weighted by Gasteiger charge is 2.18. The summed E-state index contributed by atoms with van der Waals surface area (Å²) in [5.41, 5.74) is 14.4. The lowest BCUT2D eigenvalue weighted by atomic mass is 9.98. The van der Waals surface area contributed by atoms with Crippen molar-refractivity contribution >= 4 is 60.2 Å². The number of fused-ring (bicyclic) bond motifs is 7. The maximum absolute atomic E-state index is 8.94. The molecule has 6 aromatic carbocycles. The number of nitrogens with zero attached hydrogens (tertiary/aromatic N) is 2. The average Bonchev–Trinajstić information content (AvgIpc) is 3.51. The summed E-state index contributed by atoms with van der Waals surface area (Å²) >= 11 is 0. The van der Waals surface area contributed by atoms with Gasteiger partial charge in [-0.3, -0.25) is 9.98 Å². The van der Waals surface area contributed by atoms with Crippen LogP contribution in [0.15, 0.2) is 139 Å². The molecule has 0 aliphatic carbocycles. The van der Waals surface area contributed by atoms with E-state index in [1.807, 2.05) is 17.6 Å². The van der Waals surface area contributed by atoms with E-state index in [-0.39, 0.29) is 0 Å². The lowest BCUT2D eigenvalue weighted by Crippen LogP contribution is -2.09. The molecule has 3 N–H and O–H groups in total. The van der Waals surface area contributed by atoms with Crippen molar-refractivity contribution in [3.8, 4) is 16.8 Å². The van der Waals surface area contributed by atoms with Gasteiger partial charge in [-0.25, -0.2) is 0 Å². The maximum Gasteiger partial charge on any atom is 0.131 e. The Morgan fingerprint density at radius 2 is 1.21 bits per heavy atom. The Morgan fingerprint density at radius 3 is 1.98 bits per heavy atom. The molecule has 8 aromatic rings. The summed E-state index contributed by atoms with van der Waals surface area (Å²) in [5, 5.41) is 16.1. The van der Waals surface area contributed by atoms with Crippen molar-refractivity contribution in [2.45, 2.75) is 6.92 Å². The van der Waals surface area contributed by atoms with E-state index < -0.39 is 0 Å². The van der Waals surface area contributed by atoms with Gasteiger partial charge in [-0.05, 0) is 71.3 Å². The molecule has 8 rings (SSSR count). The molecule has 4 heteroatoms. The molecule has 0 atom stereocenters. The number of nitrogens with two attached hydrogens (primary N) is 1. The standard InChI is InChI=1S/C38H28N4/c1-24(39)21-38(40)42-35-16-7-5-13-31(35)33-22-32-30-12-4-6-15-34(30)41(36(32)23-37(33)42)27-19-17-26(18-20-27)29-14-8-10-25-9-2-3-11-28(25)29/h2-23,40H,39H2,1H3/b24-21-,40-38?. The summed E-state index contributed by atoms with van der Waals surface area (Å²) in [4.78, 5) is 0. The number of allylic oxidation sites excluding steroid dienone is 2. The quantitative estimate of drug-likeness (QED) is 0.170. The predicted molar refractivity (Wildman–Crippen MR) is 178 cm³/mol. The molecule has 0 bridgehead atoms. The van der Waals surface area contributed by atoms with Gasteiger partial charge in [0.2, 0.25) is 0 Å². The van der Waals surface area contributed by atoms with Crippen LogP contribution < -0.4 is 5.73 Å². The van der Waals surface area contributed by atoms with Crippen molar-refractivity contribution in [3.63, 3.8) is 0 Å². The lowest BCUT2D eigenvalue weighted by Gasteiger charge is -2.11. The predicted octanol–water partition coefficient (Wildman–Crippen LogP) is 9.40. The van der Waals surface area contributed by atoms with Gasteiger partial charge in [0, 0.05) is 32.9 Å². The first-order chi connectivity index (χ1) is 20.6. The van der Waals surface area contributed by atoms with Crippen LogP contribution in [0.1, 0.15) is 6.92 Å². The van der Waals surface area contributed by atoms with Crippen LogP contribution in [0.3, 0.4) is 0 Å². The Bertz CT molecular complexity index is 2370. The number of benzene rings is 6. The van der Waals surface area contributed by atoms with E-state index in [2.05, 4.69) is 126 Å². The van der Waals surface area contributed by atoms with Crippen molar-refractivity contribution in [1.29, 1.82) is 5.41 Å². The minimum atomic E-state index is 0.350. The van der Waals surface area contributed by atoms with Crippen LogP contribution in [-0.2, 0) is 0 Å². The molecular formula is C38H28N4. The highest BCUT2D eigenvalue weighted by Crippen LogP contribution is 2.39. The van der Waals surface area contributed by atoms with Gasteiger partial charge in [-0.15, -0.1) is 0 Å². The van der Waals surface area contributed by atoms with Gasteiger partial charge in [0.05, 0.1) is 22.1 Å². The van der Waals surface area contributed by atoms with E-state index in [9.17, 15) is 0 Å². The Kier molecular flexibility index (Phi) is 5.31. The smallest absolute Gasteiger partial charge is 0.131 e. The van der Waals surface area contributed by atoms with Gasteiger partial charge in [-0.2, -0.15) is 0 Å². The molecule has 4 nitrogen and oxygen atoms in total. The third-order valence-corrected chi connectivity index (χ3v) is 8.30. The minimum Gasteiger partial charge on any atom is -0.402 e. The zero-order valence-electron chi connectivity index (χ0n) is 23.2. The molecule has 2 aromatic heterocycles. The zero-order chi connectivity index (χ0) is 28.4. The Hall–Kier alpha value is -5.61. The number of nitrogens with one attached hydrogen (secondary N) is 1. The molecule has 0 unspecified atom stereocenters. The number of aromatic nitrogens is 2. The second-order valence-electron chi connectivity index (χ2n) is 10.9. The van der Waals surface area contributed by atoms with Crippen LogP contribution in [0.2, 0.25) is 0 Å². The van der Waals surface area contributed by atoms with Crippen molar-refractivity contribution in [3.05, 3.63) is 139 Å². The van der Waals surface area contributed by atoms with Crippen LogP contribution >= 0.6 is 0 Å². The van der Waals surface area contributed by atoms with Crippen molar-refractivity contribution in [2.24, 2.45) is 5.73 Å². The van der Waals surface area contributed by atoms with Gasteiger partial charge in [0.15, 0.2) is 0 Å². The van der Waals surface area contributed by atoms with E-state index in [4.69, 9.17) is 11.1 Å². The molecular weight excluding hydrogens is 512 g/mol. The van der Waals surface area contributed by atoms with Crippen LogP contribution in [-0.4, -0.2) is 15.0 Å². The van der Waals surface area contributed by atoms with Crippen LogP contribution in [0.5, 0.6) is 0 Å². The number of para-hydroxylation sites is 2. The van der Waals surface area contributed by atoms with Gasteiger partial charge < -0.3 is 10.3 Å². The third kappa shape index (κ3) is 3.59. The minimum absolute atomic E-state index is 0.350. The van der Waals surface area contributed by atoms with Gasteiger partial charge in [-0.1, -0.05) is 91.0 Å². The normalized spacial score (nSPS) is 12.3. The second kappa shape index (κ2) is 9.22. The molecule has 200 valence electrons. The van der Waals surface area contributed by atoms with E-state index in [1.165, 1.54) is 32.7 Å². The summed E-state index contributed by atoms with van der Waals surface area (Å²) in [6, 6.07) is 45.3. The summed E-state index contributed by atoms with van der Waals surface area (Å²) in [7, 11) is 0. The molecule has 2 heterocycles. The molecule has 0 amide bonds. The van der Waals surface area contributed by atoms with Crippen LogP contribution in [0, 0.1) is 5.41 Å². The molecule has 42 heavy (non-hydrogen) atoms. The monoisotopic (exact) mass is 540 g/mol. The molecule has 0 aliphatic rings. The summed E-state index contributed by atoms with van der Waals surface area (Å²) in [6.07, 6.45) is 1.72.